The van der Waals surface area contributed by atoms with Crippen LogP contribution in [0, 0.1) is 0 Å². The molecule has 1 heterocycles. The van der Waals surface area contributed by atoms with Crippen molar-refractivity contribution in [3.63, 3.8) is 0 Å². The zero-order chi connectivity index (χ0) is 14.0. The highest BCUT2D eigenvalue weighted by molar-refractivity contribution is 6.30. The number of hydrogen-bond acceptors (Lipinski definition) is 6. The second-order valence-electron chi connectivity index (χ2n) is 3.70. The van der Waals surface area contributed by atoms with Gasteiger partial charge < -0.3 is 15.2 Å². The van der Waals surface area contributed by atoms with Gasteiger partial charge in [0.1, 0.15) is 11.3 Å². The van der Waals surface area contributed by atoms with Crippen molar-refractivity contribution < 1.29 is 14.3 Å². The van der Waals surface area contributed by atoms with Gasteiger partial charge in [0.2, 0.25) is 0 Å². The molecule has 0 amide bonds. The molecule has 1 aromatic heterocycles. The summed E-state index contributed by atoms with van der Waals surface area (Å²) in [6, 6.07) is 3.13. The fraction of sp³-hybridized carbons (Fsp3) is 0.250. The number of carbonyl (C=O) groups excluding carboxylic acids is 1. The monoisotopic (exact) mass is 281 g/mol. The van der Waals surface area contributed by atoms with Crippen LogP contribution < -0.4 is 10.5 Å². The summed E-state index contributed by atoms with van der Waals surface area (Å²) < 4.78 is 9.83. The molecule has 0 aliphatic rings. The van der Waals surface area contributed by atoms with Gasteiger partial charge in [0.15, 0.2) is 5.15 Å². The van der Waals surface area contributed by atoms with Crippen LogP contribution in [0.1, 0.15) is 16.1 Å². The van der Waals surface area contributed by atoms with Crippen molar-refractivity contribution in [2.45, 2.75) is 6.54 Å². The molecule has 2 N–H and O–H groups in total. The smallest absolute Gasteiger partial charge is 0.341 e. The molecule has 2 rings (SSSR count). The average molecular weight is 282 g/mol. The van der Waals surface area contributed by atoms with Gasteiger partial charge in [0.25, 0.3) is 0 Å². The number of carbonyl (C=O) groups is 1. The van der Waals surface area contributed by atoms with Gasteiger partial charge in [-0.15, -0.1) is 0 Å². The van der Waals surface area contributed by atoms with Crippen LogP contribution in [-0.2, 0) is 11.3 Å². The summed E-state index contributed by atoms with van der Waals surface area (Å²) in [5, 5.41) is 0.219. The Bertz CT molecular complexity index is 646. The number of ether oxygens (including phenoxy) is 2. The van der Waals surface area contributed by atoms with Crippen molar-refractivity contribution in [3.8, 4) is 5.75 Å². The third kappa shape index (κ3) is 2.45. The molecule has 0 saturated heterocycles. The van der Waals surface area contributed by atoms with E-state index in [0.29, 0.717) is 22.5 Å². The van der Waals surface area contributed by atoms with E-state index < -0.39 is 5.97 Å². The van der Waals surface area contributed by atoms with E-state index in [4.69, 9.17) is 22.1 Å². The standard InChI is InChI=1S/C12H12ClN3O3/c1-18-10-4-8-7(3-6(10)12(17)19-2)16-11(13)9(5-14)15-8/h3-4H,5,14H2,1-2H3. The number of esters is 1. The van der Waals surface area contributed by atoms with E-state index in [2.05, 4.69) is 14.7 Å². The van der Waals surface area contributed by atoms with Crippen molar-refractivity contribution in [1.82, 2.24) is 9.97 Å². The molecule has 1 aromatic carbocycles. The van der Waals surface area contributed by atoms with Crippen molar-refractivity contribution >= 4 is 28.6 Å². The fourth-order valence-corrected chi connectivity index (χ4v) is 1.88. The fourth-order valence-electron chi connectivity index (χ4n) is 1.67. The largest absolute Gasteiger partial charge is 0.496 e. The van der Waals surface area contributed by atoms with Crippen molar-refractivity contribution in [3.05, 3.63) is 28.5 Å². The molecule has 0 spiro atoms. The zero-order valence-corrected chi connectivity index (χ0v) is 11.2. The Balaban J connectivity index is 2.70. The first-order chi connectivity index (χ1) is 9.10. The molecule has 100 valence electrons. The van der Waals surface area contributed by atoms with Gasteiger partial charge in [-0.3, -0.25) is 0 Å². The Morgan fingerprint density at radius 1 is 1.32 bits per heavy atom. The lowest BCUT2D eigenvalue weighted by Crippen LogP contribution is -2.06. The highest BCUT2D eigenvalue weighted by atomic mass is 35.5. The van der Waals surface area contributed by atoms with Crippen LogP contribution in [-0.4, -0.2) is 30.2 Å². The van der Waals surface area contributed by atoms with Crippen LogP contribution in [0.5, 0.6) is 5.75 Å². The Labute approximate surface area is 114 Å². The molecule has 7 heteroatoms. The van der Waals surface area contributed by atoms with Crippen molar-refractivity contribution in [1.29, 1.82) is 0 Å². The van der Waals surface area contributed by atoms with Gasteiger partial charge in [-0.2, -0.15) is 0 Å². The molecule has 0 aliphatic carbocycles. The molecule has 19 heavy (non-hydrogen) atoms. The van der Waals surface area contributed by atoms with Gasteiger partial charge >= 0.3 is 5.97 Å². The van der Waals surface area contributed by atoms with Crippen LogP contribution in [0.2, 0.25) is 5.15 Å². The lowest BCUT2D eigenvalue weighted by molar-refractivity contribution is 0.0597. The molecule has 0 bridgehead atoms. The normalized spacial score (nSPS) is 10.5. The number of benzene rings is 1. The number of halogens is 1. The molecule has 0 unspecified atom stereocenters. The van der Waals surface area contributed by atoms with Crippen molar-refractivity contribution in [2.24, 2.45) is 5.73 Å². The average Bonchev–Trinajstić information content (AvgIpc) is 2.44. The SMILES string of the molecule is COC(=O)c1cc2nc(Cl)c(CN)nc2cc1OC. The molecule has 0 saturated carbocycles. The predicted molar refractivity (Wildman–Crippen MR) is 70.3 cm³/mol. The van der Waals surface area contributed by atoms with Crippen LogP contribution in [0.4, 0.5) is 0 Å². The molecule has 2 aromatic rings. The van der Waals surface area contributed by atoms with Crippen LogP contribution in [0.3, 0.4) is 0 Å². The third-order valence-electron chi connectivity index (χ3n) is 2.61. The molecule has 0 fully saturated rings. The summed E-state index contributed by atoms with van der Waals surface area (Å²) in [4.78, 5) is 20.1. The number of nitrogens with zero attached hydrogens (tertiary/aromatic N) is 2. The maximum Gasteiger partial charge on any atom is 0.341 e. The van der Waals surface area contributed by atoms with E-state index in [1.165, 1.54) is 20.3 Å². The first kappa shape index (κ1) is 13.5. The molecule has 0 aliphatic heterocycles. The lowest BCUT2D eigenvalue weighted by atomic mass is 10.1. The van der Waals surface area contributed by atoms with E-state index in [1.807, 2.05) is 0 Å². The molecule has 0 radical (unpaired) electrons. The van der Waals surface area contributed by atoms with Crippen molar-refractivity contribution in [2.75, 3.05) is 14.2 Å². The van der Waals surface area contributed by atoms with E-state index in [0.717, 1.165) is 0 Å². The van der Waals surface area contributed by atoms with Gasteiger partial charge in [-0.1, -0.05) is 11.6 Å². The highest BCUT2D eigenvalue weighted by Crippen LogP contribution is 2.26. The topological polar surface area (TPSA) is 87.3 Å². The van der Waals surface area contributed by atoms with Crippen LogP contribution >= 0.6 is 11.6 Å². The number of aromatic nitrogens is 2. The first-order valence-corrected chi connectivity index (χ1v) is 5.81. The van der Waals surface area contributed by atoms with E-state index in [9.17, 15) is 4.79 Å². The minimum atomic E-state index is -0.514. The van der Waals surface area contributed by atoms with E-state index in [1.54, 1.807) is 6.07 Å². The van der Waals surface area contributed by atoms with Crippen LogP contribution in [0.25, 0.3) is 11.0 Å². The summed E-state index contributed by atoms with van der Waals surface area (Å²) in [7, 11) is 2.75. The third-order valence-corrected chi connectivity index (χ3v) is 2.91. The molecule has 0 atom stereocenters. The van der Waals surface area contributed by atoms with E-state index in [-0.39, 0.29) is 17.3 Å². The second kappa shape index (κ2) is 5.38. The summed E-state index contributed by atoms with van der Waals surface area (Å²) in [5.41, 5.74) is 7.30. The summed E-state index contributed by atoms with van der Waals surface area (Å²) in [6.45, 7) is 0.183. The first-order valence-electron chi connectivity index (χ1n) is 5.43. The summed E-state index contributed by atoms with van der Waals surface area (Å²) >= 11 is 5.94. The maximum atomic E-state index is 11.6. The number of fused-ring (bicyclic) bond motifs is 1. The highest BCUT2D eigenvalue weighted by Gasteiger charge is 2.16. The number of rotatable bonds is 3. The number of nitrogens with two attached hydrogens (primary N) is 1. The predicted octanol–water partition coefficient (Wildman–Crippen LogP) is 1.54. The lowest BCUT2D eigenvalue weighted by Gasteiger charge is -2.09. The second-order valence-corrected chi connectivity index (χ2v) is 4.06. The summed E-state index contributed by atoms with van der Waals surface area (Å²) in [6.07, 6.45) is 0. The molecule has 6 nitrogen and oxygen atoms in total. The molecular weight excluding hydrogens is 270 g/mol. The van der Waals surface area contributed by atoms with Gasteiger partial charge in [0, 0.05) is 12.6 Å². The maximum absolute atomic E-state index is 11.6. The molecular formula is C12H12ClN3O3. The van der Waals surface area contributed by atoms with Gasteiger partial charge in [0.05, 0.1) is 30.9 Å². The quantitative estimate of drug-likeness (QED) is 0.859. The zero-order valence-electron chi connectivity index (χ0n) is 10.4. The van der Waals surface area contributed by atoms with Gasteiger partial charge in [-0.05, 0) is 6.07 Å². The van der Waals surface area contributed by atoms with E-state index >= 15 is 0 Å². The Morgan fingerprint density at radius 2 is 2.00 bits per heavy atom. The minimum absolute atomic E-state index is 0.183. The Kier molecular flexibility index (Phi) is 3.82. The Morgan fingerprint density at radius 3 is 2.58 bits per heavy atom. The van der Waals surface area contributed by atoms with Gasteiger partial charge in [-0.25, -0.2) is 14.8 Å². The number of methoxy groups -OCH3 is 2. The Hall–Kier alpha value is -1.92. The minimum Gasteiger partial charge on any atom is -0.496 e. The summed E-state index contributed by atoms with van der Waals surface area (Å²) in [5.74, 6) is -0.154. The number of hydrogen-bond donors (Lipinski definition) is 1. The van der Waals surface area contributed by atoms with Crippen LogP contribution in [0.15, 0.2) is 12.1 Å².